The summed E-state index contributed by atoms with van der Waals surface area (Å²) in [6.07, 6.45) is 3.30. The maximum atomic E-state index is 9.71. The lowest BCUT2D eigenvalue weighted by Gasteiger charge is -2.29. The van der Waals surface area contributed by atoms with Crippen molar-refractivity contribution >= 4 is 34.0 Å². The van der Waals surface area contributed by atoms with Crippen molar-refractivity contribution in [3.8, 4) is 0 Å². The number of hydrogen-bond donors (Lipinski definition) is 4. The van der Waals surface area contributed by atoms with Crippen LogP contribution in [0.3, 0.4) is 0 Å². The molecule has 0 saturated carbocycles. The fraction of sp³-hybridized carbons (Fsp3) is 0.280. The van der Waals surface area contributed by atoms with Gasteiger partial charge in [-0.3, -0.25) is 4.90 Å². The Bertz CT molecular complexity index is 1210. The molecular formula is C25H28N6O. The number of aliphatic hydroxyl groups is 1. The molecule has 0 unspecified atom stereocenters. The second kappa shape index (κ2) is 8.98. The minimum atomic E-state index is -0.147. The topological polar surface area (TPSA) is 89.1 Å². The highest BCUT2D eigenvalue weighted by molar-refractivity contribution is 5.84. The predicted octanol–water partition coefficient (Wildman–Crippen LogP) is 4.71. The smallest absolute Gasteiger partial charge is 0.229 e. The van der Waals surface area contributed by atoms with E-state index in [0.717, 1.165) is 60.9 Å². The summed E-state index contributed by atoms with van der Waals surface area (Å²) in [5.74, 6) is 1.28. The number of rotatable bonds is 6. The molecule has 2 aromatic heterocycles. The van der Waals surface area contributed by atoms with Crippen LogP contribution in [0.1, 0.15) is 24.1 Å². The van der Waals surface area contributed by atoms with Crippen LogP contribution < -0.4 is 10.6 Å². The lowest BCUT2D eigenvalue weighted by molar-refractivity contribution is 0.0792. The van der Waals surface area contributed by atoms with Gasteiger partial charge in [-0.05, 0) is 67.8 Å². The molecule has 7 nitrogen and oxygen atoms in total. The molecule has 0 spiro atoms. The van der Waals surface area contributed by atoms with E-state index >= 15 is 0 Å². The Morgan fingerprint density at radius 2 is 1.88 bits per heavy atom. The number of aromatic amines is 1. The SMILES string of the molecule is Cc1cc2cc(Nc3ccnc(Nc4cccc(CN5CCC(O)CC5)c4)n3)ccc2[nH]1. The van der Waals surface area contributed by atoms with E-state index in [1.807, 2.05) is 24.3 Å². The molecule has 3 heterocycles. The number of likely N-dealkylation sites (tertiary alicyclic amines) is 1. The van der Waals surface area contributed by atoms with Crippen LogP contribution in [0, 0.1) is 6.92 Å². The summed E-state index contributed by atoms with van der Waals surface area (Å²) >= 11 is 0. The van der Waals surface area contributed by atoms with Crippen LogP contribution in [0.15, 0.2) is 60.8 Å². The van der Waals surface area contributed by atoms with E-state index in [4.69, 9.17) is 0 Å². The minimum Gasteiger partial charge on any atom is -0.393 e. The number of aliphatic hydroxyl groups excluding tert-OH is 1. The molecule has 0 atom stereocenters. The third kappa shape index (κ3) is 4.90. The van der Waals surface area contributed by atoms with Gasteiger partial charge in [-0.1, -0.05) is 12.1 Å². The monoisotopic (exact) mass is 428 g/mol. The maximum absolute atomic E-state index is 9.71. The first kappa shape index (κ1) is 20.5. The molecule has 0 aliphatic carbocycles. The van der Waals surface area contributed by atoms with Crippen LogP contribution in [-0.4, -0.2) is 44.2 Å². The third-order valence-corrected chi connectivity index (χ3v) is 5.83. The van der Waals surface area contributed by atoms with E-state index < -0.39 is 0 Å². The lowest BCUT2D eigenvalue weighted by Crippen LogP contribution is -2.35. The predicted molar refractivity (Wildman–Crippen MR) is 129 cm³/mol. The highest BCUT2D eigenvalue weighted by Crippen LogP contribution is 2.23. The van der Waals surface area contributed by atoms with Crippen molar-refractivity contribution in [1.82, 2.24) is 19.9 Å². The van der Waals surface area contributed by atoms with E-state index in [-0.39, 0.29) is 6.10 Å². The van der Waals surface area contributed by atoms with Crippen LogP contribution in [0.25, 0.3) is 10.9 Å². The first-order chi connectivity index (χ1) is 15.6. The molecule has 1 fully saturated rings. The molecule has 1 saturated heterocycles. The van der Waals surface area contributed by atoms with Gasteiger partial charge in [0.2, 0.25) is 5.95 Å². The molecule has 32 heavy (non-hydrogen) atoms. The summed E-state index contributed by atoms with van der Waals surface area (Å²) in [5, 5.41) is 17.6. The zero-order valence-corrected chi connectivity index (χ0v) is 18.2. The summed E-state index contributed by atoms with van der Waals surface area (Å²) in [7, 11) is 0. The van der Waals surface area contributed by atoms with Crippen LogP contribution in [-0.2, 0) is 6.54 Å². The summed E-state index contributed by atoms with van der Waals surface area (Å²) < 4.78 is 0. The average Bonchev–Trinajstić information content (AvgIpc) is 3.15. The number of anilines is 4. The molecule has 7 heteroatoms. The van der Waals surface area contributed by atoms with E-state index in [0.29, 0.717) is 5.95 Å². The number of benzene rings is 2. The van der Waals surface area contributed by atoms with Gasteiger partial charge in [0, 0.05) is 53.8 Å². The Labute approximate surface area is 187 Å². The zero-order chi connectivity index (χ0) is 21.9. The van der Waals surface area contributed by atoms with Crippen molar-refractivity contribution in [3.63, 3.8) is 0 Å². The first-order valence-electron chi connectivity index (χ1n) is 11.1. The average molecular weight is 429 g/mol. The summed E-state index contributed by atoms with van der Waals surface area (Å²) in [6, 6.07) is 18.5. The Hall–Kier alpha value is -3.42. The van der Waals surface area contributed by atoms with E-state index in [9.17, 15) is 5.11 Å². The van der Waals surface area contributed by atoms with Gasteiger partial charge in [0.25, 0.3) is 0 Å². The van der Waals surface area contributed by atoms with Gasteiger partial charge in [-0.15, -0.1) is 0 Å². The van der Waals surface area contributed by atoms with Gasteiger partial charge in [-0.25, -0.2) is 4.98 Å². The molecule has 1 aliphatic rings. The molecule has 2 aromatic carbocycles. The highest BCUT2D eigenvalue weighted by atomic mass is 16.3. The molecule has 0 amide bonds. The standard InChI is InChI=1S/C25H28N6O/c1-17-13-19-15-21(5-6-23(19)27-17)28-24-7-10-26-25(30-24)29-20-4-2-3-18(14-20)16-31-11-8-22(32)9-12-31/h2-7,10,13-15,22,27,32H,8-9,11-12,16H2,1H3,(H2,26,28,29,30). The number of H-pyrrole nitrogens is 1. The number of nitrogens with one attached hydrogen (secondary N) is 3. The summed E-state index contributed by atoms with van der Waals surface area (Å²) in [6.45, 7) is 4.81. The van der Waals surface area contributed by atoms with Gasteiger partial charge in [0.05, 0.1) is 6.10 Å². The molecular weight excluding hydrogens is 400 g/mol. The van der Waals surface area contributed by atoms with Crippen LogP contribution in [0.2, 0.25) is 0 Å². The maximum Gasteiger partial charge on any atom is 0.229 e. The van der Waals surface area contributed by atoms with Crippen molar-refractivity contribution in [3.05, 3.63) is 72.1 Å². The van der Waals surface area contributed by atoms with Crippen molar-refractivity contribution in [2.75, 3.05) is 23.7 Å². The Morgan fingerprint density at radius 3 is 2.75 bits per heavy atom. The summed E-state index contributed by atoms with van der Waals surface area (Å²) in [4.78, 5) is 14.7. The molecule has 4 aromatic rings. The number of aromatic nitrogens is 3. The van der Waals surface area contributed by atoms with Crippen LogP contribution >= 0.6 is 0 Å². The fourth-order valence-corrected chi connectivity index (χ4v) is 4.20. The van der Waals surface area contributed by atoms with Gasteiger partial charge in [0.1, 0.15) is 5.82 Å². The van der Waals surface area contributed by atoms with E-state index in [1.165, 1.54) is 10.9 Å². The first-order valence-corrected chi connectivity index (χ1v) is 11.1. The quantitative estimate of drug-likeness (QED) is 0.356. The molecule has 0 bridgehead atoms. The van der Waals surface area contributed by atoms with Crippen molar-refractivity contribution < 1.29 is 5.11 Å². The number of fused-ring (bicyclic) bond motifs is 1. The van der Waals surface area contributed by atoms with Crippen LogP contribution in [0.5, 0.6) is 0 Å². The summed E-state index contributed by atoms with van der Waals surface area (Å²) in [5.41, 5.74) is 5.44. The highest BCUT2D eigenvalue weighted by Gasteiger charge is 2.17. The molecule has 164 valence electrons. The number of piperidine rings is 1. The Morgan fingerprint density at radius 1 is 1.03 bits per heavy atom. The van der Waals surface area contributed by atoms with Crippen molar-refractivity contribution in [1.29, 1.82) is 0 Å². The number of aryl methyl sites for hydroxylation is 1. The molecule has 1 aliphatic heterocycles. The zero-order valence-electron chi connectivity index (χ0n) is 18.2. The van der Waals surface area contributed by atoms with Gasteiger partial charge in [0.15, 0.2) is 0 Å². The Kier molecular flexibility index (Phi) is 5.75. The van der Waals surface area contributed by atoms with Crippen molar-refractivity contribution in [2.24, 2.45) is 0 Å². The van der Waals surface area contributed by atoms with Crippen molar-refractivity contribution in [2.45, 2.75) is 32.4 Å². The molecule has 0 radical (unpaired) electrons. The van der Waals surface area contributed by atoms with E-state index in [2.05, 4.69) is 67.7 Å². The fourth-order valence-electron chi connectivity index (χ4n) is 4.20. The minimum absolute atomic E-state index is 0.147. The second-order valence-corrected chi connectivity index (χ2v) is 8.48. The molecule has 4 N–H and O–H groups in total. The normalized spacial score (nSPS) is 15.2. The third-order valence-electron chi connectivity index (χ3n) is 5.83. The second-order valence-electron chi connectivity index (χ2n) is 8.48. The number of nitrogens with zero attached hydrogens (tertiary/aromatic N) is 3. The van der Waals surface area contributed by atoms with Crippen LogP contribution in [0.4, 0.5) is 23.1 Å². The van der Waals surface area contributed by atoms with Gasteiger partial charge >= 0.3 is 0 Å². The van der Waals surface area contributed by atoms with Gasteiger partial charge < -0.3 is 20.7 Å². The number of hydrogen-bond acceptors (Lipinski definition) is 6. The lowest BCUT2D eigenvalue weighted by atomic mass is 10.1. The molecule has 5 rings (SSSR count). The largest absolute Gasteiger partial charge is 0.393 e. The van der Waals surface area contributed by atoms with Gasteiger partial charge in [-0.2, -0.15) is 4.98 Å². The van der Waals surface area contributed by atoms with E-state index in [1.54, 1.807) is 6.20 Å². The Balaban J connectivity index is 1.26.